The molecule has 0 saturated heterocycles. The molecule has 1 unspecified atom stereocenters. The fourth-order valence-corrected chi connectivity index (χ4v) is 3.27. The second kappa shape index (κ2) is 5.74. The van der Waals surface area contributed by atoms with Crippen LogP contribution in [0, 0.1) is 11.3 Å². The van der Waals surface area contributed by atoms with Gasteiger partial charge in [0.2, 0.25) is 0 Å². The molecule has 16 heavy (non-hydrogen) atoms. The lowest BCUT2D eigenvalue weighted by atomic mass is 10.0. The third-order valence-corrected chi connectivity index (χ3v) is 4.47. The number of thioether (sulfide) groups is 1. The number of thiophene rings is 1. The van der Waals surface area contributed by atoms with Crippen molar-refractivity contribution in [3.63, 3.8) is 0 Å². The van der Waals surface area contributed by atoms with E-state index < -0.39 is 0 Å². The largest absolute Gasteiger partial charge is 0.198 e. The van der Waals surface area contributed by atoms with E-state index in [9.17, 15) is 0 Å². The van der Waals surface area contributed by atoms with Crippen molar-refractivity contribution in [1.82, 2.24) is 0 Å². The molecular formula is C13H11NS2. The first kappa shape index (κ1) is 11.3. The van der Waals surface area contributed by atoms with Crippen LogP contribution in [0.5, 0.6) is 0 Å². The Morgan fingerprint density at radius 1 is 1.19 bits per heavy atom. The number of rotatable bonds is 4. The molecule has 0 aliphatic rings. The highest BCUT2D eigenvalue weighted by Gasteiger charge is 2.10. The molecular weight excluding hydrogens is 234 g/mol. The Labute approximate surface area is 104 Å². The fraction of sp³-hybridized carbons (Fsp3) is 0.154. The van der Waals surface area contributed by atoms with Crippen LogP contribution >= 0.6 is 23.1 Å². The molecule has 3 heteroatoms. The van der Waals surface area contributed by atoms with Gasteiger partial charge in [-0.1, -0.05) is 36.4 Å². The monoisotopic (exact) mass is 245 g/mol. The highest BCUT2D eigenvalue weighted by molar-refractivity contribution is 8.01. The molecule has 1 nitrogen and oxygen atoms in total. The lowest BCUT2D eigenvalue weighted by Crippen LogP contribution is -1.98. The summed E-state index contributed by atoms with van der Waals surface area (Å²) < 4.78 is 1.27. The lowest BCUT2D eigenvalue weighted by molar-refractivity contribution is 0.997. The summed E-state index contributed by atoms with van der Waals surface area (Å²) in [7, 11) is 0. The molecule has 0 N–H and O–H groups in total. The number of nitriles is 1. The predicted octanol–water partition coefficient (Wildman–Crippen LogP) is 4.15. The van der Waals surface area contributed by atoms with E-state index in [-0.39, 0.29) is 5.92 Å². The maximum absolute atomic E-state index is 9.15. The van der Waals surface area contributed by atoms with Gasteiger partial charge in [0.25, 0.3) is 0 Å². The lowest BCUT2D eigenvalue weighted by Gasteiger charge is -2.07. The summed E-state index contributed by atoms with van der Waals surface area (Å²) in [6, 6.07) is 16.5. The number of benzene rings is 1. The molecule has 0 saturated carbocycles. The minimum atomic E-state index is -0.0201. The first-order valence-electron chi connectivity index (χ1n) is 5.01. The van der Waals surface area contributed by atoms with Gasteiger partial charge in [-0.3, -0.25) is 0 Å². The minimum Gasteiger partial charge on any atom is -0.198 e. The molecule has 1 atom stereocenters. The van der Waals surface area contributed by atoms with Gasteiger partial charge in [0.15, 0.2) is 0 Å². The maximum atomic E-state index is 9.15. The van der Waals surface area contributed by atoms with Crippen molar-refractivity contribution in [3.05, 3.63) is 53.4 Å². The normalized spacial score (nSPS) is 11.9. The number of hydrogen-bond acceptors (Lipinski definition) is 3. The molecule has 1 aromatic carbocycles. The van der Waals surface area contributed by atoms with Crippen LogP contribution in [0.15, 0.2) is 52.1 Å². The SMILES string of the molecule is N#CC(CSc1cccs1)c1ccccc1. The van der Waals surface area contributed by atoms with Crippen molar-refractivity contribution < 1.29 is 0 Å². The summed E-state index contributed by atoms with van der Waals surface area (Å²) in [4.78, 5) is 0. The van der Waals surface area contributed by atoms with Gasteiger partial charge in [0, 0.05) is 5.75 Å². The third-order valence-electron chi connectivity index (χ3n) is 2.25. The van der Waals surface area contributed by atoms with Crippen molar-refractivity contribution >= 4 is 23.1 Å². The molecule has 0 amide bonds. The smallest absolute Gasteiger partial charge is 0.0806 e. The second-order valence-corrected chi connectivity index (χ2v) is 5.60. The maximum Gasteiger partial charge on any atom is 0.0806 e. The zero-order valence-electron chi connectivity index (χ0n) is 8.67. The highest BCUT2D eigenvalue weighted by atomic mass is 32.2. The fourth-order valence-electron chi connectivity index (χ4n) is 1.40. The zero-order chi connectivity index (χ0) is 11.2. The quantitative estimate of drug-likeness (QED) is 0.756. The van der Waals surface area contributed by atoms with Gasteiger partial charge in [-0.15, -0.1) is 23.1 Å². The Morgan fingerprint density at radius 3 is 2.62 bits per heavy atom. The van der Waals surface area contributed by atoms with Crippen molar-refractivity contribution in [2.45, 2.75) is 10.1 Å². The zero-order valence-corrected chi connectivity index (χ0v) is 10.3. The standard InChI is InChI=1S/C13H11NS2/c14-9-12(11-5-2-1-3-6-11)10-16-13-7-4-8-15-13/h1-8,12H,10H2. The Balaban J connectivity index is 2.00. The Kier molecular flexibility index (Phi) is 4.03. The molecule has 80 valence electrons. The number of nitrogens with zero attached hydrogens (tertiary/aromatic N) is 1. The summed E-state index contributed by atoms with van der Waals surface area (Å²) in [5.41, 5.74) is 1.11. The first-order chi connectivity index (χ1) is 7.90. The molecule has 2 aromatic rings. The molecule has 0 aliphatic heterocycles. The van der Waals surface area contributed by atoms with Crippen LogP contribution in [0.3, 0.4) is 0 Å². The molecule has 0 aliphatic carbocycles. The molecule has 1 aromatic heterocycles. The van der Waals surface area contributed by atoms with Gasteiger partial charge in [0.05, 0.1) is 16.2 Å². The van der Waals surface area contributed by atoms with E-state index in [0.717, 1.165) is 11.3 Å². The highest BCUT2D eigenvalue weighted by Crippen LogP contribution is 2.28. The van der Waals surface area contributed by atoms with Crippen LogP contribution in [-0.2, 0) is 0 Å². The summed E-state index contributed by atoms with van der Waals surface area (Å²) in [5.74, 6) is 0.800. The third kappa shape index (κ3) is 2.88. The van der Waals surface area contributed by atoms with Gasteiger partial charge >= 0.3 is 0 Å². The van der Waals surface area contributed by atoms with E-state index in [2.05, 4.69) is 17.5 Å². The van der Waals surface area contributed by atoms with Gasteiger partial charge < -0.3 is 0 Å². The van der Waals surface area contributed by atoms with Crippen molar-refractivity contribution in [3.8, 4) is 6.07 Å². The molecule has 0 bridgehead atoms. The average molecular weight is 245 g/mol. The summed E-state index contributed by atoms with van der Waals surface area (Å²) >= 11 is 3.47. The van der Waals surface area contributed by atoms with Crippen LogP contribution in [0.25, 0.3) is 0 Å². The van der Waals surface area contributed by atoms with E-state index in [1.54, 1.807) is 23.1 Å². The van der Waals surface area contributed by atoms with E-state index in [4.69, 9.17) is 5.26 Å². The van der Waals surface area contributed by atoms with Gasteiger partial charge in [-0.2, -0.15) is 5.26 Å². The molecule has 0 fully saturated rings. The average Bonchev–Trinajstić information content (AvgIpc) is 2.84. The molecule has 0 radical (unpaired) electrons. The molecule has 1 heterocycles. The summed E-state index contributed by atoms with van der Waals surface area (Å²) in [5, 5.41) is 11.2. The van der Waals surface area contributed by atoms with Gasteiger partial charge in [-0.25, -0.2) is 0 Å². The Morgan fingerprint density at radius 2 is 2.00 bits per heavy atom. The topological polar surface area (TPSA) is 23.8 Å². The van der Waals surface area contributed by atoms with Crippen molar-refractivity contribution in [2.75, 3.05) is 5.75 Å². The predicted molar refractivity (Wildman–Crippen MR) is 69.8 cm³/mol. The van der Waals surface area contributed by atoms with E-state index in [1.807, 2.05) is 36.4 Å². The summed E-state index contributed by atoms with van der Waals surface area (Å²) in [6.45, 7) is 0. The molecule has 2 rings (SSSR count). The van der Waals surface area contributed by atoms with Crippen LogP contribution in [0.1, 0.15) is 11.5 Å². The van der Waals surface area contributed by atoms with Gasteiger partial charge in [0.1, 0.15) is 0 Å². The minimum absolute atomic E-state index is 0.0201. The van der Waals surface area contributed by atoms with E-state index in [1.165, 1.54) is 4.21 Å². The first-order valence-corrected chi connectivity index (χ1v) is 6.87. The number of hydrogen-bond donors (Lipinski definition) is 0. The second-order valence-electron chi connectivity index (χ2n) is 3.34. The van der Waals surface area contributed by atoms with Crippen LogP contribution < -0.4 is 0 Å². The van der Waals surface area contributed by atoms with Gasteiger partial charge in [-0.05, 0) is 17.0 Å². The molecule has 0 spiro atoms. The van der Waals surface area contributed by atoms with Crippen LogP contribution in [0.2, 0.25) is 0 Å². The summed E-state index contributed by atoms with van der Waals surface area (Å²) in [6.07, 6.45) is 0. The Hall–Kier alpha value is -1.24. The van der Waals surface area contributed by atoms with E-state index >= 15 is 0 Å². The van der Waals surface area contributed by atoms with E-state index in [0.29, 0.717) is 0 Å². The Bertz CT molecular complexity index is 456. The van der Waals surface area contributed by atoms with Crippen molar-refractivity contribution in [1.29, 1.82) is 5.26 Å². The van der Waals surface area contributed by atoms with Crippen LogP contribution in [-0.4, -0.2) is 5.75 Å². The van der Waals surface area contributed by atoms with Crippen molar-refractivity contribution in [2.24, 2.45) is 0 Å². The van der Waals surface area contributed by atoms with Crippen LogP contribution in [0.4, 0.5) is 0 Å².